The summed E-state index contributed by atoms with van der Waals surface area (Å²) in [6.45, 7) is 7.42. The molecule has 0 amide bonds. The van der Waals surface area contributed by atoms with Gasteiger partial charge in [0.25, 0.3) is 0 Å². The number of hydrogen-bond donors (Lipinski definition) is 1. The van der Waals surface area contributed by atoms with Crippen LogP contribution in [0.25, 0.3) is 0 Å². The van der Waals surface area contributed by atoms with E-state index < -0.39 is 18.6 Å². The number of carbonyl (C=O) groups is 1. The number of nitrogens with zero attached hydrogens (tertiary/aromatic N) is 1. The van der Waals surface area contributed by atoms with E-state index in [-0.39, 0.29) is 30.2 Å². The van der Waals surface area contributed by atoms with Gasteiger partial charge in [0.05, 0.1) is 0 Å². The van der Waals surface area contributed by atoms with Gasteiger partial charge in [0.15, 0.2) is 0 Å². The predicted molar refractivity (Wildman–Crippen MR) is 99.7 cm³/mol. The number of carboxylic acid groups (broad SMARTS) is 1. The van der Waals surface area contributed by atoms with Crippen LogP contribution in [0.5, 0.6) is 0 Å². The van der Waals surface area contributed by atoms with Crippen molar-refractivity contribution < 1.29 is 23.1 Å². The van der Waals surface area contributed by atoms with E-state index in [9.17, 15) is 18.0 Å². The zero-order valence-corrected chi connectivity index (χ0v) is 16.4. The Balaban J connectivity index is 2.14. The third kappa shape index (κ3) is 6.83. The monoisotopic (exact) mass is 385 g/mol. The first kappa shape index (κ1) is 21.7. The lowest BCUT2D eigenvalue weighted by Crippen LogP contribution is -2.38. The highest BCUT2D eigenvalue weighted by molar-refractivity contribution is 5.67. The van der Waals surface area contributed by atoms with Gasteiger partial charge >= 0.3 is 12.1 Å². The summed E-state index contributed by atoms with van der Waals surface area (Å²) in [6.07, 6.45) is -3.33. The molecular formula is C21H30F3NO2. The summed E-state index contributed by atoms with van der Waals surface area (Å²) in [7, 11) is 0. The standard InChI is InChI=1S/C21H30F3NO2/c1-20(2,3)17-7-5-16(6-8-17)18-13-15(14-19(26)27)9-12-25(18)11-4-10-21(22,23)24/h5-8,15,18H,4,9-14H2,1-3H3,(H,26,27)/t15-,18+/m1/s1. The minimum atomic E-state index is -4.13. The Morgan fingerprint density at radius 2 is 1.81 bits per heavy atom. The van der Waals surface area contributed by atoms with Crippen molar-refractivity contribution in [2.75, 3.05) is 13.1 Å². The molecule has 1 aromatic rings. The lowest BCUT2D eigenvalue weighted by atomic mass is 9.82. The molecule has 0 saturated carbocycles. The summed E-state index contributed by atoms with van der Waals surface area (Å²) in [5.74, 6) is -0.749. The van der Waals surface area contributed by atoms with Crippen LogP contribution in [-0.2, 0) is 10.2 Å². The Labute approximate surface area is 159 Å². The van der Waals surface area contributed by atoms with Gasteiger partial charge in [-0.25, -0.2) is 0 Å². The van der Waals surface area contributed by atoms with Gasteiger partial charge in [0.1, 0.15) is 0 Å². The lowest BCUT2D eigenvalue weighted by Gasteiger charge is -2.40. The van der Waals surface area contributed by atoms with Crippen molar-refractivity contribution >= 4 is 5.97 Å². The van der Waals surface area contributed by atoms with Crippen molar-refractivity contribution in [3.63, 3.8) is 0 Å². The molecule has 1 aliphatic heterocycles. The second-order valence-electron chi connectivity index (χ2n) is 8.63. The van der Waals surface area contributed by atoms with Gasteiger partial charge in [-0.2, -0.15) is 13.2 Å². The number of piperidine rings is 1. The molecule has 27 heavy (non-hydrogen) atoms. The van der Waals surface area contributed by atoms with Crippen LogP contribution in [0.3, 0.4) is 0 Å². The molecule has 1 fully saturated rings. The zero-order chi connectivity index (χ0) is 20.2. The smallest absolute Gasteiger partial charge is 0.389 e. The molecule has 3 nitrogen and oxygen atoms in total. The number of hydrogen-bond acceptors (Lipinski definition) is 2. The summed E-state index contributed by atoms with van der Waals surface area (Å²) in [5, 5.41) is 9.11. The minimum Gasteiger partial charge on any atom is -0.481 e. The second-order valence-corrected chi connectivity index (χ2v) is 8.63. The first-order chi connectivity index (χ1) is 12.5. The molecule has 1 saturated heterocycles. The number of alkyl halides is 3. The topological polar surface area (TPSA) is 40.5 Å². The molecule has 0 aliphatic carbocycles. The van der Waals surface area contributed by atoms with Crippen molar-refractivity contribution in [2.24, 2.45) is 5.92 Å². The summed E-state index contributed by atoms with van der Waals surface area (Å²) in [6, 6.07) is 8.22. The average Bonchev–Trinajstić information content (AvgIpc) is 2.53. The fourth-order valence-corrected chi connectivity index (χ4v) is 3.82. The van der Waals surface area contributed by atoms with Crippen LogP contribution in [0.15, 0.2) is 24.3 Å². The summed E-state index contributed by atoms with van der Waals surface area (Å²) in [4.78, 5) is 13.2. The molecule has 6 heteroatoms. The average molecular weight is 385 g/mol. The molecule has 2 rings (SSSR count). The Hall–Kier alpha value is -1.56. The van der Waals surface area contributed by atoms with E-state index in [1.165, 1.54) is 5.56 Å². The predicted octanol–water partition coefficient (Wildman–Crippen LogP) is 5.55. The highest BCUT2D eigenvalue weighted by Gasteiger charge is 2.32. The number of rotatable bonds is 6. The number of aliphatic carboxylic acids is 1. The van der Waals surface area contributed by atoms with Crippen molar-refractivity contribution in [2.45, 2.75) is 70.5 Å². The summed E-state index contributed by atoms with van der Waals surface area (Å²) < 4.78 is 37.5. The van der Waals surface area contributed by atoms with Gasteiger partial charge in [0, 0.05) is 18.9 Å². The number of benzene rings is 1. The van der Waals surface area contributed by atoms with Crippen LogP contribution >= 0.6 is 0 Å². The van der Waals surface area contributed by atoms with Gasteiger partial charge in [-0.05, 0) is 54.8 Å². The molecule has 0 aromatic heterocycles. The molecule has 1 heterocycles. The molecule has 152 valence electrons. The SMILES string of the molecule is CC(C)(C)c1ccc([C@@H]2C[C@H](CC(=O)O)CCN2CCCC(F)(F)F)cc1. The Morgan fingerprint density at radius 3 is 2.33 bits per heavy atom. The Morgan fingerprint density at radius 1 is 1.19 bits per heavy atom. The van der Waals surface area contributed by atoms with Crippen molar-refractivity contribution in [3.8, 4) is 0 Å². The van der Waals surface area contributed by atoms with Crippen LogP contribution in [0, 0.1) is 5.92 Å². The van der Waals surface area contributed by atoms with Gasteiger partial charge in [-0.3, -0.25) is 9.69 Å². The van der Waals surface area contributed by atoms with E-state index in [4.69, 9.17) is 5.11 Å². The van der Waals surface area contributed by atoms with Gasteiger partial charge in [-0.1, -0.05) is 45.0 Å². The fraction of sp³-hybridized carbons (Fsp3) is 0.667. The maximum atomic E-state index is 12.5. The minimum absolute atomic E-state index is 0.0228. The van der Waals surface area contributed by atoms with Gasteiger partial charge in [-0.15, -0.1) is 0 Å². The van der Waals surface area contributed by atoms with E-state index in [0.717, 1.165) is 12.0 Å². The van der Waals surface area contributed by atoms with Crippen LogP contribution in [0.4, 0.5) is 13.2 Å². The molecule has 0 spiro atoms. The molecule has 1 N–H and O–H groups in total. The van der Waals surface area contributed by atoms with Crippen molar-refractivity contribution in [3.05, 3.63) is 35.4 Å². The van der Waals surface area contributed by atoms with Crippen LogP contribution in [0.2, 0.25) is 0 Å². The van der Waals surface area contributed by atoms with E-state index in [1.54, 1.807) is 0 Å². The first-order valence-electron chi connectivity index (χ1n) is 9.59. The molecule has 0 radical (unpaired) electrons. The normalized spacial score (nSPS) is 22.0. The van der Waals surface area contributed by atoms with Crippen LogP contribution < -0.4 is 0 Å². The van der Waals surface area contributed by atoms with Crippen molar-refractivity contribution in [1.82, 2.24) is 4.90 Å². The zero-order valence-electron chi connectivity index (χ0n) is 16.4. The van der Waals surface area contributed by atoms with E-state index in [0.29, 0.717) is 19.5 Å². The second kappa shape index (κ2) is 8.63. The van der Waals surface area contributed by atoms with Crippen LogP contribution in [0.1, 0.15) is 70.0 Å². The van der Waals surface area contributed by atoms with E-state index in [1.807, 2.05) is 12.1 Å². The molecule has 0 unspecified atom stereocenters. The third-order valence-electron chi connectivity index (χ3n) is 5.35. The van der Waals surface area contributed by atoms with Crippen molar-refractivity contribution in [1.29, 1.82) is 0 Å². The number of halogens is 3. The molecule has 1 aromatic carbocycles. The van der Waals surface area contributed by atoms with Crippen LogP contribution in [-0.4, -0.2) is 35.2 Å². The quantitative estimate of drug-likeness (QED) is 0.697. The largest absolute Gasteiger partial charge is 0.481 e. The summed E-state index contributed by atoms with van der Waals surface area (Å²) in [5.41, 5.74) is 2.29. The molecular weight excluding hydrogens is 355 g/mol. The molecule has 1 aliphatic rings. The van der Waals surface area contributed by atoms with E-state index >= 15 is 0 Å². The van der Waals surface area contributed by atoms with Gasteiger partial charge in [0.2, 0.25) is 0 Å². The highest BCUT2D eigenvalue weighted by Crippen LogP contribution is 2.37. The molecule has 2 atom stereocenters. The van der Waals surface area contributed by atoms with Gasteiger partial charge < -0.3 is 5.11 Å². The Kier molecular flexibility index (Phi) is 6.95. The third-order valence-corrected chi connectivity index (χ3v) is 5.35. The maximum Gasteiger partial charge on any atom is 0.389 e. The lowest BCUT2D eigenvalue weighted by molar-refractivity contribution is -0.140. The number of carboxylic acids is 1. The fourth-order valence-electron chi connectivity index (χ4n) is 3.82. The first-order valence-corrected chi connectivity index (χ1v) is 9.59. The molecule has 0 bridgehead atoms. The summed E-state index contributed by atoms with van der Waals surface area (Å²) >= 11 is 0. The maximum absolute atomic E-state index is 12.5. The van der Waals surface area contributed by atoms with E-state index in [2.05, 4.69) is 37.8 Å². The Bertz CT molecular complexity index is 620. The highest BCUT2D eigenvalue weighted by atomic mass is 19.4. The number of likely N-dealkylation sites (tertiary alicyclic amines) is 1.